The topological polar surface area (TPSA) is 70.1 Å². The molecule has 0 fully saturated rings. The molecule has 0 aliphatic carbocycles. The van der Waals surface area contributed by atoms with Crippen LogP contribution in [0.1, 0.15) is 11.1 Å². The first-order valence-corrected chi connectivity index (χ1v) is 9.17. The Morgan fingerprint density at radius 3 is 2.29 bits per heavy atom. The number of hydrogen-bond donors (Lipinski definition) is 1. The third-order valence-electron chi connectivity index (χ3n) is 4.81. The summed E-state index contributed by atoms with van der Waals surface area (Å²) in [5, 5.41) is 9.28. The Bertz CT molecular complexity index is 875. The molecule has 2 aromatic carbocycles. The maximum absolute atomic E-state index is 13.1. The molecule has 28 heavy (non-hydrogen) atoms. The SMILES string of the molecule is COc1ccc(CCN2C(=O)C(c3ccccc3)=C(N(C)CCO)C2=O)cc1. The van der Waals surface area contributed by atoms with Crippen molar-refractivity contribution in [3.05, 3.63) is 71.4 Å². The van der Waals surface area contributed by atoms with E-state index in [4.69, 9.17) is 4.74 Å². The van der Waals surface area contributed by atoms with E-state index in [-0.39, 0.29) is 31.5 Å². The lowest BCUT2D eigenvalue weighted by molar-refractivity contribution is -0.137. The number of aliphatic hydroxyl groups is 1. The summed E-state index contributed by atoms with van der Waals surface area (Å²) in [5.74, 6) is 0.135. The van der Waals surface area contributed by atoms with Gasteiger partial charge < -0.3 is 14.7 Å². The molecule has 6 nitrogen and oxygen atoms in total. The predicted octanol–water partition coefficient (Wildman–Crippen LogP) is 1.94. The fraction of sp³-hybridized carbons (Fsp3) is 0.273. The quantitative estimate of drug-likeness (QED) is 0.709. The third kappa shape index (κ3) is 3.92. The number of carbonyl (C=O) groups excluding carboxylic acids is 2. The van der Waals surface area contributed by atoms with Gasteiger partial charge in [0.15, 0.2) is 0 Å². The lowest BCUT2D eigenvalue weighted by Crippen LogP contribution is -2.36. The van der Waals surface area contributed by atoms with E-state index in [0.717, 1.165) is 11.3 Å². The molecule has 146 valence electrons. The van der Waals surface area contributed by atoms with E-state index in [1.165, 1.54) is 4.90 Å². The van der Waals surface area contributed by atoms with Crippen LogP contribution in [0.2, 0.25) is 0 Å². The largest absolute Gasteiger partial charge is 0.497 e. The van der Waals surface area contributed by atoms with Gasteiger partial charge in [-0.3, -0.25) is 14.5 Å². The molecule has 0 saturated heterocycles. The average molecular weight is 380 g/mol. The lowest BCUT2D eigenvalue weighted by atomic mass is 10.0. The Morgan fingerprint density at radius 1 is 1.00 bits per heavy atom. The van der Waals surface area contributed by atoms with Gasteiger partial charge in [0.25, 0.3) is 11.8 Å². The molecule has 1 aliphatic rings. The van der Waals surface area contributed by atoms with E-state index in [2.05, 4.69) is 0 Å². The van der Waals surface area contributed by atoms with Gasteiger partial charge in [0, 0.05) is 20.1 Å². The molecular formula is C22H24N2O4. The summed E-state index contributed by atoms with van der Waals surface area (Å²) in [6.07, 6.45) is 0.556. The maximum Gasteiger partial charge on any atom is 0.277 e. The number of imide groups is 1. The van der Waals surface area contributed by atoms with Gasteiger partial charge in [-0.25, -0.2) is 0 Å². The van der Waals surface area contributed by atoms with E-state index in [0.29, 0.717) is 23.3 Å². The van der Waals surface area contributed by atoms with E-state index >= 15 is 0 Å². The van der Waals surface area contributed by atoms with Crippen molar-refractivity contribution in [2.24, 2.45) is 0 Å². The van der Waals surface area contributed by atoms with Crippen LogP contribution < -0.4 is 4.74 Å². The number of nitrogens with zero attached hydrogens (tertiary/aromatic N) is 2. The standard InChI is InChI=1S/C22H24N2O4/c1-23(14-15-25)20-19(17-6-4-3-5-7-17)21(26)24(22(20)27)13-12-16-8-10-18(28-2)11-9-16/h3-11,25H,12-15H2,1-2H3. The van der Waals surface area contributed by atoms with Crippen LogP contribution in [0.5, 0.6) is 5.75 Å². The minimum absolute atomic E-state index is 0.102. The Kier molecular flexibility index (Phi) is 6.11. The van der Waals surface area contributed by atoms with Crippen LogP contribution in [0.4, 0.5) is 0 Å². The second kappa shape index (κ2) is 8.71. The van der Waals surface area contributed by atoms with Crippen molar-refractivity contribution in [2.75, 3.05) is 33.9 Å². The first-order chi connectivity index (χ1) is 13.6. The van der Waals surface area contributed by atoms with E-state index in [1.54, 1.807) is 19.1 Å². The Hall–Kier alpha value is -3.12. The number of benzene rings is 2. The Labute approximate surface area is 164 Å². The highest BCUT2D eigenvalue weighted by Gasteiger charge is 2.40. The smallest absolute Gasteiger partial charge is 0.277 e. The molecule has 2 aromatic rings. The van der Waals surface area contributed by atoms with Crippen LogP contribution >= 0.6 is 0 Å². The third-order valence-corrected chi connectivity index (χ3v) is 4.81. The summed E-state index contributed by atoms with van der Waals surface area (Å²) in [4.78, 5) is 29.1. The number of ether oxygens (including phenoxy) is 1. The first kappa shape index (κ1) is 19.6. The molecule has 0 spiro atoms. The van der Waals surface area contributed by atoms with Gasteiger partial charge in [-0.2, -0.15) is 0 Å². The van der Waals surface area contributed by atoms with Crippen LogP contribution in [0.3, 0.4) is 0 Å². The van der Waals surface area contributed by atoms with Gasteiger partial charge >= 0.3 is 0 Å². The molecule has 1 N–H and O–H groups in total. The number of aliphatic hydroxyl groups excluding tert-OH is 1. The van der Waals surface area contributed by atoms with Crippen molar-refractivity contribution >= 4 is 17.4 Å². The van der Waals surface area contributed by atoms with Gasteiger partial charge in [0.2, 0.25) is 0 Å². The van der Waals surface area contributed by atoms with Crippen molar-refractivity contribution in [3.63, 3.8) is 0 Å². The molecule has 0 atom stereocenters. The second-order valence-corrected chi connectivity index (χ2v) is 6.59. The molecule has 1 heterocycles. The number of amides is 2. The molecule has 0 aromatic heterocycles. The Morgan fingerprint density at radius 2 is 1.68 bits per heavy atom. The minimum Gasteiger partial charge on any atom is -0.497 e. The summed E-state index contributed by atoms with van der Waals surface area (Å²) in [7, 11) is 3.32. The number of hydrogen-bond acceptors (Lipinski definition) is 5. The average Bonchev–Trinajstić information content (AvgIpc) is 2.97. The summed E-state index contributed by atoms with van der Waals surface area (Å²) >= 11 is 0. The molecule has 0 bridgehead atoms. The summed E-state index contributed by atoms with van der Waals surface area (Å²) in [6, 6.07) is 16.7. The summed E-state index contributed by atoms with van der Waals surface area (Å²) in [6.45, 7) is 0.461. The van der Waals surface area contributed by atoms with Gasteiger partial charge in [-0.05, 0) is 29.7 Å². The number of carbonyl (C=O) groups is 2. The molecule has 2 amide bonds. The monoisotopic (exact) mass is 380 g/mol. The van der Waals surface area contributed by atoms with Crippen molar-refractivity contribution in [1.82, 2.24) is 9.80 Å². The van der Waals surface area contributed by atoms with Crippen molar-refractivity contribution in [1.29, 1.82) is 0 Å². The molecule has 3 rings (SSSR count). The fourth-order valence-electron chi connectivity index (χ4n) is 3.28. The molecule has 1 aliphatic heterocycles. The van der Waals surface area contributed by atoms with Crippen LogP contribution in [-0.2, 0) is 16.0 Å². The first-order valence-electron chi connectivity index (χ1n) is 9.17. The van der Waals surface area contributed by atoms with E-state index in [1.807, 2.05) is 54.6 Å². The number of likely N-dealkylation sites (N-methyl/N-ethyl adjacent to an activating group) is 1. The fourth-order valence-corrected chi connectivity index (χ4v) is 3.28. The number of rotatable bonds is 8. The second-order valence-electron chi connectivity index (χ2n) is 6.59. The zero-order chi connectivity index (χ0) is 20.1. The normalized spacial score (nSPS) is 14.0. The summed E-state index contributed by atoms with van der Waals surface area (Å²) < 4.78 is 5.16. The van der Waals surface area contributed by atoms with Crippen molar-refractivity contribution in [3.8, 4) is 5.75 Å². The Balaban J connectivity index is 1.85. The molecule has 0 unspecified atom stereocenters. The van der Waals surface area contributed by atoms with Gasteiger partial charge in [0.1, 0.15) is 11.4 Å². The highest BCUT2D eigenvalue weighted by atomic mass is 16.5. The lowest BCUT2D eigenvalue weighted by Gasteiger charge is -2.20. The van der Waals surface area contributed by atoms with Crippen LogP contribution in [-0.4, -0.2) is 60.6 Å². The van der Waals surface area contributed by atoms with Gasteiger partial charge in [-0.1, -0.05) is 42.5 Å². The number of methoxy groups -OCH3 is 1. The molecular weight excluding hydrogens is 356 g/mol. The van der Waals surface area contributed by atoms with Crippen molar-refractivity contribution < 1.29 is 19.4 Å². The van der Waals surface area contributed by atoms with Crippen LogP contribution in [0.25, 0.3) is 5.57 Å². The summed E-state index contributed by atoms with van der Waals surface area (Å²) in [5.41, 5.74) is 2.43. The molecule has 0 saturated carbocycles. The van der Waals surface area contributed by atoms with Crippen LogP contribution in [0.15, 0.2) is 60.3 Å². The minimum atomic E-state index is -0.326. The van der Waals surface area contributed by atoms with E-state index in [9.17, 15) is 14.7 Å². The van der Waals surface area contributed by atoms with Gasteiger partial charge in [-0.15, -0.1) is 0 Å². The van der Waals surface area contributed by atoms with Crippen molar-refractivity contribution in [2.45, 2.75) is 6.42 Å². The highest BCUT2D eigenvalue weighted by Crippen LogP contribution is 2.31. The maximum atomic E-state index is 13.1. The predicted molar refractivity (Wildman–Crippen MR) is 106 cm³/mol. The van der Waals surface area contributed by atoms with Gasteiger partial charge in [0.05, 0.1) is 19.3 Å². The molecule has 6 heteroatoms. The highest BCUT2D eigenvalue weighted by molar-refractivity contribution is 6.35. The van der Waals surface area contributed by atoms with Crippen LogP contribution in [0, 0.1) is 0 Å². The van der Waals surface area contributed by atoms with E-state index < -0.39 is 0 Å². The molecule has 0 radical (unpaired) electrons. The zero-order valence-electron chi connectivity index (χ0n) is 16.1. The zero-order valence-corrected chi connectivity index (χ0v) is 16.1.